The van der Waals surface area contributed by atoms with Crippen LogP contribution in [0.5, 0.6) is 0 Å². The summed E-state index contributed by atoms with van der Waals surface area (Å²) in [6, 6.07) is 0. The largest absolute Gasteiger partial charge is 0.467 e. The second kappa shape index (κ2) is 5.24. The van der Waals surface area contributed by atoms with Gasteiger partial charge in [-0.3, -0.25) is 4.79 Å². The van der Waals surface area contributed by atoms with Gasteiger partial charge < -0.3 is 15.8 Å². The van der Waals surface area contributed by atoms with Gasteiger partial charge in [-0.2, -0.15) is 0 Å². The maximum Gasteiger partial charge on any atom is 0.330 e. The standard InChI is InChI=1S/C10H15N3O3S/c1-10(2,9(15)16-3)13-8(14)6-5-17-7(4-11)12-6/h5H,4,11H2,1-3H3,(H,13,14). The Balaban J connectivity index is 2.75. The molecule has 0 spiro atoms. The van der Waals surface area contributed by atoms with E-state index in [9.17, 15) is 9.59 Å². The highest BCUT2D eigenvalue weighted by Crippen LogP contribution is 2.11. The van der Waals surface area contributed by atoms with Crippen LogP contribution in [-0.4, -0.2) is 29.5 Å². The molecule has 0 aliphatic carbocycles. The minimum Gasteiger partial charge on any atom is -0.467 e. The first-order chi connectivity index (χ1) is 7.90. The summed E-state index contributed by atoms with van der Waals surface area (Å²) in [6.07, 6.45) is 0. The molecule has 1 amide bonds. The van der Waals surface area contributed by atoms with Crippen LogP contribution in [-0.2, 0) is 16.1 Å². The number of rotatable bonds is 4. The molecule has 0 aromatic carbocycles. The highest BCUT2D eigenvalue weighted by molar-refractivity contribution is 7.09. The summed E-state index contributed by atoms with van der Waals surface area (Å²) in [5.41, 5.74) is 4.57. The summed E-state index contributed by atoms with van der Waals surface area (Å²) in [4.78, 5) is 27.2. The lowest BCUT2D eigenvalue weighted by atomic mass is 10.1. The van der Waals surface area contributed by atoms with E-state index in [0.29, 0.717) is 11.6 Å². The topological polar surface area (TPSA) is 94.3 Å². The van der Waals surface area contributed by atoms with E-state index >= 15 is 0 Å². The number of methoxy groups -OCH3 is 1. The Morgan fingerprint density at radius 2 is 2.24 bits per heavy atom. The highest BCUT2D eigenvalue weighted by atomic mass is 32.1. The summed E-state index contributed by atoms with van der Waals surface area (Å²) < 4.78 is 4.59. The van der Waals surface area contributed by atoms with Crippen molar-refractivity contribution in [3.63, 3.8) is 0 Å². The summed E-state index contributed by atoms with van der Waals surface area (Å²) in [7, 11) is 1.27. The first-order valence-electron chi connectivity index (χ1n) is 4.96. The van der Waals surface area contributed by atoms with Gasteiger partial charge in [-0.15, -0.1) is 11.3 Å². The number of carbonyl (C=O) groups is 2. The zero-order valence-electron chi connectivity index (χ0n) is 9.94. The zero-order chi connectivity index (χ0) is 13.1. The number of nitrogens with zero attached hydrogens (tertiary/aromatic N) is 1. The van der Waals surface area contributed by atoms with Crippen LogP contribution in [0, 0.1) is 0 Å². The number of hydrogen-bond donors (Lipinski definition) is 2. The summed E-state index contributed by atoms with van der Waals surface area (Å²) in [5, 5.41) is 4.82. The SMILES string of the molecule is COC(=O)C(C)(C)NC(=O)c1csc(CN)n1. The van der Waals surface area contributed by atoms with E-state index in [-0.39, 0.29) is 5.69 Å². The van der Waals surface area contributed by atoms with Gasteiger partial charge in [0, 0.05) is 11.9 Å². The Labute approximate surface area is 103 Å². The number of nitrogens with one attached hydrogen (secondary N) is 1. The fraction of sp³-hybridized carbons (Fsp3) is 0.500. The van der Waals surface area contributed by atoms with Crippen molar-refractivity contribution in [2.75, 3.05) is 7.11 Å². The van der Waals surface area contributed by atoms with E-state index in [2.05, 4.69) is 15.0 Å². The molecule has 6 nitrogen and oxygen atoms in total. The molecule has 17 heavy (non-hydrogen) atoms. The maximum atomic E-state index is 11.8. The van der Waals surface area contributed by atoms with Crippen LogP contribution in [0.2, 0.25) is 0 Å². The van der Waals surface area contributed by atoms with Crippen LogP contribution in [0.25, 0.3) is 0 Å². The molecular formula is C10H15N3O3S. The molecule has 0 unspecified atom stereocenters. The molecule has 0 saturated heterocycles. The molecule has 7 heteroatoms. The van der Waals surface area contributed by atoms with Crippen molar-refractivity contribution < 1.29 is 14.3 Å². The highest BCUT2D eigenvalue weighted by Gasteiger charge is 2.31. The lowest BCUT2D eigenvalue weighted by Crippen LogP contribution is -2.50. The van der Waals surface area contributed by atoms with Crippen molar-refractivity contribution in [2.45, 2.75) is 25.9 Å². The first-order valence-corrected chi connectivity index (χ1v) is 5.84. The molecule has 1 rings (SSSR count). The average Bonchev–Trinajstić information content (AvgIpc) is 2.75. The summed E-state index contributed by atoms with van der Waals surface area (Å²) >= 11 is 1.30. The lowest BCUT2D eigenvalue weighted by molar-refractivity contribution is -0.146. The van der Waals surface area contributed by atoms with Gasteiger partial charge in [0.25, 0.3) is 5.91 Å². The van der Waals surface area contributed by atoms with Gasteiger partial charge in [-0.25, -0.2) is 9.78 Å². The van der Waals surface area contributed by atoms with Crippen LogP contribution in [0.15, 0.2) is 5.38 Å². The minimum absolute atomic E-state index is 0.257. The molecule has 0 fully saturated rings. The Morgan fingerprint density at radius 1 is 1.59 bits per heavy atom. The molecule has 1 aromatic rings. The van der Waals surface area contributed by atoms with E-state index in [1.165, 1.54) is 18.4 Å². The molecule has 0 saturated carbocycles. The van der Waals surface area contributed by atoms with Gasteiger partial charge in [0.2, 0.25) is 0 Å². The molecule has 0 radical (unpaired) electrons. The molecular weight excluding hydrogens is 242 g/mol. The Kier molecular flexibility index (Phi) is 4.19. The van der Waals surface area contributed by atoms with Crippen molar-refractivity contribution in [2.24, 2.45) is 5.73 Å². The van der Waals surface area contributed by atoms with Gasteiger partial charge in [0.15, 0.2) is 0 Å². The second-order valence-electron chi connectivity index (χ2n) is 3.90. The molecule has 1 aromatic heterocycles. The third-order valence-electron chi connectivity index (χ3n) is 2.08. The van der Waals surface area contributed by atoms with E-state index in [4.69, 9.17) is 5.73 Å². The minimum atomic E-state index is -1.08. The number of nitrogens with two attached hydrogens (primary N) is 1. The molecule has 94 valence electrons. The smallest absolute Gasteiger partial charge is 0.330 e. The van der Waals surface area contributed by atoms with E-state index in [0.717, 1.165) is 0 Å². The molecule has 1 heterocycles. The van der Waals surface area contributed by atoms with Gasteiger partial charge in [-0.05, 0) is 13.8 Å². The third-order valence-corrected chi connectivity index (χ3v) is 2.95. The van der Waals surface area contributed by atoms with Crippen LogP contribution >= 0.6 is 11.3 Å². The predicted molar refractivity (Wildman–Crippen MR) is 63.6 cm³/mol. The van der Waals surface area contributed by atoms with Crippen molar-refractivity contribution in [1.29, 1.82) is 0 Å². The van der Waals surface area contributed by atoms with Gasteiger partial charge in [0.1, 0.15) is 16.2 Å². The Bertz CT molecular complexity index is 428. The maximum absolute atomic E-state index is 11.8. The van der Waals surface area contributed by atoms with Crippen molar-refractivity contribution >= 4 is 23.2 Å². The summed E-state index contributed by atoms with van der Waals surface area (Å²) in [6.45, 7) is 3.41. The number of ether oxygens (including phenoxy) is 1. The van der Waals surface area contributed by atoms with Crippen LogP contribution in [0.3, 0.4) is 0 Å². The number of aromatic nitrogens is 1. The average molecular weight is 257 g/mol. The Morgan fingerprint density at radius 3 is 2.71 bits per heavy atom. The quantitative estimate of drug-likeness (QED) is 0.756. The van der Waals surface area contributed by atoms with Crippen LogP contribution in [0.4, 0.5) is 0 Å². The van der Waals surface area contributed by atoms with E-state index in [1.807, 2.05) is 0 Å². The van der Waals surface area contributed by atoms with Crippen molar-refractivity contribution in [3.8, 4) is 0 Å². The molecule has 0 aliphatic heterocycles. The monoisotopic (exact) mass is 257 g/mol. The molecule has 0 atom stereocenters. The third kappa shape index (κ3) is 3.24. The van der Waals surface area contributed by atoms with Crippen LogP contribution < -0.4 is 11.1 Å². The summed E-state index contributed by atoms with van der Waals surface area (Å²) in [5.74, 6) is -0.934. The van der Waals surface area contributed by atoms with Crippen molar-refractivity contribution in [3.05, 3.63) is 16.1 Å². The number of carbonyl (C=O) groups excluding carboxylic acids is 2. The number of thiazole rings is 1. The normalized spacial score (nSPS) is 11.1. The Hall–Kier alpha value is -1.47. The first kappa shape index (κ1) is 13.6. The number of esters is 1. The number of hydrogen-bond acceptors (Lipinski definition) is 6. The zero-order valence-corrected chi connectivity index (χ0v) is 10.8. The number of amides is 1. The second-order valence-corrected chi connectivity index (χ2v) is 4.84. The van der Waals surface area contributed by atoms with Gasteiger partial charge in [0.05, 0.1) is 7.11 Å². The molecule has 3 N–H and O–H groups in total. The van der Waals surface area contributed by atoms with E-state index in [1.54, 1.807) is 19.2 Å². The van der Waals surface area contributed by atoms with Crippen molar-refractivity contribution in [1.82, 2.24) is 10.3 Å². The molecule has 0 bridgehead atoms. The fourth-order valence-corrected chi connectivity index (χ4v) is 1.82. The lowest BCUT2D eigenvalue weighted by Gasteiger charge is -2.22. The predicted octanol–water partition coefficient (Wildman–Crippen LogP) is 0.283. The molecule has 0 aliphatic rings. The van der Waals surface area contributed by atoms with Gasteiger partial charge in [-0.1, -0.05) is 0 Å². The van der Waals surface area contributed by atoms with E-state index < -0.39 is 17.4 Å². The van der Waals surface area contributed by atoms with Crippen LogP contribution in [0.1, 0.15) is 29.3 Å². The fourth-order valence-electron chi connectivity index (χ4n) is 1.16. The van der Waals surface area contributed by atoms with Gasteiger partial charge >= 0.3 is 5.97 Å².